The Morgan fingerprint density at radius 3 is 1.38 bits per heavy atom. The Kier molecular flexibility index (Phi) is 5.62. The summed E-state index contributed by atoms with van der Waals surface area (Å²) in [5.41, 5.74) is 6.28. The SMILES string of the molecule is CN(C)c1ccc(C([CH]c2ccccc2)c2ccc(N(C)C)cc2)cc1. The van der Waals surface area contributed by atoms with E-state index in [9.17, 15) is 0 Å². The minimum atomic E-state index is 0.227. The highest BCUT2D eigenvalue weighted by molar-refractivity contribution is 5.52. The zero-order chi connectivity index (χ0) is 18.5. The van der Waals surface area contributed by atoms with E-state index in [-0.39, 0.29) is 5.92 Å². The molecule has 0 atom stereocenters. The van der Waals surface area contributed by atoms with Gasteiger partial charge in [-0.2, -0.15) is 0 Å². The lowest BCUT2D eigenvalue weighted by molar-refractivity contribution is 0.955. The number of rotatable bonds is 6. The van der Waals surface area contributed by atoms with E-state index in [0.29, 0.717) is 0 Å². The van der Waals surface area contributed by atoms with Crippen LogP contribution in [-0.4, -0.2) is 28.2 Å². The zero-order valence-electron chi connectivity index (χ0n) is 16.1. The van der Waals surface area contributed by atoms with Crippen LogP contribution < -0.4 is 9.80 Å². The number of benzene rings is 3. The molecule has 1 radical (unpaired) electrons. The molecule has 133 valence electrons. The van der Waals surface area contributed by atoms with E-state index < -0.39 is 0 Å². The second-order valence-electron chi connectivity index (χ2n) is 7.03. The highest BCUT2D eigenvalue weighted by Gasteiger charge is 2.16. The van der Waals surface area contributed by atoms with Crippen LogP contribution >= 0.6 is 0 Å². The quantitative estimate of drug-likeness (QED) is 0.607. The molecule has 0 heterocycles. The normalized spacial score (nSPS) is 10.8. The first-order chi connectivity index (χ1) is 12.5. The molecule has 0 aliphatic heterocycles. The van der Waals surface area contributed by atoms with Crippen LogP contribution in [0, 0.1) is 6.42 Å². The van der Waals surface area contributed by atoms with Crippen molar-refractivity contribution in [3.05, 3.63) is 102 Å². The van der Waals surface area contributed by atoms with Crippen LogP contribution in [-0.2, 0) is 0 Å². The molecule has 3 aromatic rings. The molecular formula is C24H27N2. The molecule has 0 bridgehead atoms. The summed E-state index contributed by atoms with van der Waals surface area (Å²) in [7, 11) is 8.29. The largest absolute Gasteiger partial charge is 0.378 e. The monoisotopic (exact) mass is 343 g/mol. The predicted molar refractivity (Wildman–Crippen MR) is 113 cm³/mol. The molecule has 3 rings (SSSR count). The Morgan fingerprint density at radius 1 is 0.577 bits per heavy atom. The van der Waals surface area contributed by atoms with Crippen LogP contribution in [0.5, 0.6) is 0 Å². The van der Waals surface area contributed by atoms with Crippen molar-refractivity contribution in [1.82, 2.24) is 0 Å². The zero-order valence-corrected chi connectivity index (χ0v) is 16.1. The van der Waals surface area contributed by atoms with Crippen molar-refractivity contribution < 1.29 is 0 Å². The standard InChI is InChI=1S/C24H27N2/c1-25(2)22-14-10-20(11-15-22)24(18-19-8-6-5-7-9-19)21-12-16-23(17-13-21)26(3)4/h5-18,24H,1-4H3. The highest BCUT2D eigenvalue weighted by Crippen LogP contribution is 2.32. The maximum Gasteiger partial charge on any atom is 0.0361 e. The van der Waals surface area contributed by atoms with Gasteiger partial charge in [0.15, 0.2) is 0 Å². The van der Waals surface area contributed by atoms with Gasteiger partial charge in [0.05, 0.1) is 0 Å². The summed E-state index contributed by atoms with van der Waals surface area (Å²) < 4.78 is 0. The highest BCUT2D eigenvalue weighted by atomic mass is 15.1. The molecule has 0 N–H and O–H groups in total. The molecule has 0 aliphatic rings. The van der Waals surface area contributed by atoms with E-state index in [1.54, 1.807) is 0 Å². The lowest BCUT2D eigenvalue weighted by atomic mass is 9.86. The molecule has 0 amide bonds. The van der Waals surface area contributed by atoms with Gasteiger partial charge >= 0.3 is 0 Å². The molecule has 0 fully saturated rings. The van der Waals surface area contributed by atoms with Crippen molar-refractivity contribution in [2.24, 2.45) is 0 Å². The fourth-order valence-electron chi connectivity index (χ4n) is 3.10. The molecular weight excluding hydrogens is 316 g/mol. The first-order valence-electron chi connectivity index (χ1n) is 8.99. The lowest BCUT2D eigenvalue weighted by Crippen LogP contribution is -2.10. The van der Waals surface area contributed by atoms with Crippen molar-refractivity contribution in [3.63, 3.8) is 0 Å². The Balaban J connectivity index is 1.95. The van der Waals surface area contributed by atoms with Gasteiger partial charge in [0, 0.05) is 51.9 Å². The van der Waals surface area contributed by atoms with Gasteiger partial charge in [-0.05, 0) is 41.0 Å². The van der Waals surface area contributed by atoms with E-state index in [0.717, 1.165) is 0 Å². The van der Waals surface area contributed by atoms with Crippen molar-refractivity contribution in [2.75, 3.05) is 38.0 Å². The molecule has 0 aliphatic carbocycles. The van der Waals surface area contributed by atoms with E-state index in [1.165, 1.54) is 28.1 Å². The predicted octanol–water partition coefficient (Wildman–Crippen LogP) is 5.20. The van der Waals surface area contributed by atoms with Crippen molar-refractivity contribution in [1.29, 1.82) is 0 Å². The van der Waals surface area contributed by atoms with Gasteiger partial charge < -0.3 is 9.80 Å². The number of hydrogen-bond donors (Lipinski definition) is 0. The average molecular weight is 343 g/mol. The Hall–Kier alpha value is -2.74. The third kappa shape index (κ3) is 4.26. The fraction of sp³-hybridized carbons (Fsp3) is 0.208. The van der Waals surface area contributed by atoms with Crippen molar-refractivity contribution >= 4 is 11.4 Å². The maximum absolute atomic E-state index is 2.34. The molecule has 26 heavy (non-hydrogen) atoms. The number of hydrogen-bond acceptors (Lipinski definition) is 2. The van der Waals surface area contributed by atoms with E-state index in [2.05, 4.69) is 123 Å². The van der Waals surface area contributed by atoms with Crippen LogP contribution in [0.25, 0.3) is 0 Å². The minimum absolute atomic E-state index is 0.227. The van der Waals surface area contributed by atoms with Crippen LogP contribution in [0.15, 0.2) is 78.9 Å². The summed E-state index contributed by atoms with van der Waals surface area (Å²) in [5.74, 6) is 0.227. The summed E-state index contributed by atoms with van der Waals surface area (Å²) in [5, 5.41) is 0. The average Bonchev–Trinajstić information content (AvgIpc) is 2.67. The molecule has 0 saturated heterocycles. The van der Waals surface area contributed by atoms with E-state index >= 15 is 0 Å². The second-order valence-corrected chi connectivity index (χ2v) is 7.03. The molecule has 0 aromatic heterocycles. The first kappa shape index (κ1) is 18.1. The minimum Gasteiger partial charge on any atom is -0.378 e. The third-order valence-electron chi connectivity index (χ3n) is 4.70. The smallest absolute Gasteiger partial charge is 0.0361 e. The van der Waals surface area contributed by atoms with Gasteiger partial charge in [-0.3, -0.25) is 0 Å². The Labute approximate surface area is 157 Å². The van der Waals surface area contributed by atoms with Crippen molar-refractivity contribution in [2.45, 2.75) is 5.92 Å². The van der Waals surface area contributed by atoms with Crippen LogP contribution in [0.4, 0.5) is 11.4 Å². The van der Waals surface area contributed by atoms with E-state index in [1.807, 2.05) is 0 Å². The van der Waals surface area contributed by atoms with Crippen molar-refractivity contribution in [3.8, 4) is 0 Å². The Bertz CT molecular complexity index is 752. The van der Waals surface area contributed by atoms with Gasteiger partial charge in [0.25, 0.3) is 0 Å². The second kappa shape index (κ2) is 8.09. The lowest BCUT2D eigenvalue weighted by Gasteiger charge is -2.21. The number of anilines is 2. The number of nitrogens with zero attached hydrogens (tertiary/aromatic N) is 2. The summed E-state index contributed by atoms with van der Waals surface area (Å²) in [6.45, 7) is 0. The van der Waals surface area contributed by atoms with Gasteiger partial charge in [-0.1, -0.05) is 54.6 Å². The fourth-order valence-corrected chi connectivity index (χ4v) is 3.10. The van der Waals surface area contributed by atoms with E-state index in [4.69, 9.17) is 0 Å². The van der Waals surface area contributed by atoms with Gasteiger partial charge in [0.2, 0.25) is 0 Å². The van der Waals surface area contributed by atoms with Crippen LogP contribution in [0.3, 0.4) is 0 Å². The molecule has 0 spiro atoms. The van der Waals surface area contributed by atoms with Gasteiger partial charge in [0.1, 0.15) is 0 Å². The third-order valence-corrected chi connectivity index (χ3v) is 4.70. The summed E-state index contributed by atoms with van der Waals surface area (Å²) >= 11 is 0. The molecule has 0 unspecified atom stereocenters. The van der Waals surface area contributed by atoms with Gasteiger partial charge in [-0.15, -0.1) is 0 Å². The molecule has 2 nitrogen and oxygen atoms in total. The molecule has 3 aromatic carbocycles. The van der Waals surface area contributed by atoms with Crippen LogP contribution in [0.2, 0.25) is 0 Å². The molecule has 2 heteroatoms. The van der Waals surface area contributed by atoms with Crippen LogP contribution in [0.1, 0.15) is 22.6 Å². The molecule has 0 saturated carbocycles. The summed E-state index contributed by atoms with van der Waals surface area (Å²) in [6, 6.07) is 28.3. The first-order valence-corrected chi connectivity index (χ1v) is 8.99. The Morgan fingerprint density at radius 2 is 1.00 bits per heavy atom. The summed E-state index contributed by atoms with van der Waals surface area (Å²) in [4.78, 5) is 4.26. The van der Waals surface area contributed by atoms with Gasteiger partial charge in [-0.25, -0.2) is 0 Å². The topological polar surface area (TPSA) is 6.48 Å². The maximum atomic E-state index is 2.34. The summed E-state index contributed by atoms with van der Waals surface area (Å²) in [6.07, 6.45) is 2.34.